The first kappa shape index (κ1) is 22.7. The number of aliphatic hydroxyl groups excluding tert-OH is 1. The normalized spacial score (nSPS) is 14.0. The number of carbonyl (C=O) groups is 2. The number of aromatic nitrogens is 2. The van der Waals surface area contributed by atoms with Crippen LogP contribution in [0, 0.1) is 6.92 Å². The second-order valence-corrected chi connectivity index (χ2v) is 9.87. The average molecular weight is 471 g/mol. The van der Waals surface area contributed by atoms with Crippen LogP contribution >= 0.6 is 23.1 Å². The number of Topliss-reactive ketones (excluding diaryl/α,β-unsaturated/α-hetero) is 1. The van der Waals surface area contributed by atoms with E-state index in [0.717, 1.165) is 33.9 Å². The zero-order valence-electron chi connectivity index (χ0n) is 18.0. The molecule has 1 aliphatic rings. The van der Waals surface area contributed by atoms with E-state index in [1.54, 1.807) is 6.07 Å². The van der Waals surface area contributed by atoms with Crippen molar-refractivity contribution < 1.29 is 14.7 Å². The number of nitrogens with one attached hydrogen (secondary N) is 1. The first-order valence-corrected chi connectivity index (χ1v) is 12.5. The van der Waals surface area contributed by atoms with Crippen molar-refractivity contribution in [2.45, 2.75) is 37.8 Å². The summed E-state index contributed by atoms with van der Waals surface area (Å²) in [4.78, 5) is 37.1. The number of rotatable bonds is 8. The van der Waals surface area contributed by atoms with Gasteiger partial charge in [-0.15, -0.1) is 11.3 Å². The van der Waals surface area contributed by atoms with Crippen molar-refractivity contribution in [1.29, 1.82) is 0 Å². The SMILES string of the molecule is Cc1nc(SCC(=O)c2ccc(CNC(=O)CO)s2)c2cc(N3CCCCC3)ccc2n1. The molecule has 1 aliphatic heterocycles. The lowest BCUT2D eigenvalue weighted by Crippen LogP contribution is -2.29. The number of aliphatic hydroxyl groups is 1. The summed E-state index contributed by atoms with van der Waals surface area (Å²) in [5.74, 6) is 0.562. The lowest BCUT2D eigenvalue weighted by molar-refractivity contribution is -0.123. The molecule has 0 spiro atoms. The number of piperidine rings is 1. The van der Waals surface area contributed by atoms with Crippen LogP contribution in [0.4, 0.5) is 5.69 Å². The molecule has 0 saturated carbocycles. The van der Waals surface area contributed by atoms with E-state index in [4.69, 9.17) is 5.11 Å². The van der Waals surface area contributed by atoms with E-state index < -0.39 is 12.5 Å². The molecule has 1 amide bonds. The van der Waals surface area contributed by atoms with E-state index in [0.29, 0.717) is 17.2 Å². The predicted octanol–water partition coefficient (Wildman–Crippen LogP) is 3.57. The van der Waals surface area contributed by atoms with E-state index >= 15 is 0 Å². The average Bonchev–Trinajstić information content (AvgIpc) is 3.30. The van der Waals surface area contributed by atoms with Gasteiger partial charge in [-0.3, -0.25) is 9.59 Å². The molecule has 0 unspecified atom stereocenters. The fraction of sp³-hybridized carbons (Fsp3) is 0.391. The second-order valence-electron chi connectivity index (χ2n) is 7.74. The number of aryl methyl sites for hydroxylation is 1. The van der Waals surface area contributed by atoms with Crippen LogP contribution in [-0.2, 0) is 11.3 Å². The molecule has 32 heavy (non-hydrogen) atoms. The molecule has 4 rings (SSSR count). The van der Waals surface area contributed by atoms with Crippen LogP contribution in [0.25, 0.3) is 10.9 Å². The van der Waals surface area contributed by atoms with Gasteiger partial charge in [-0.1, -0.05) is 11.8 Å². The van der Waals surface area contributed by atoms with Gasteiger partial charge >= 0.3 is 0 Å². The first-order valence-electron chi connectivity index (χ1n) is 10.7. The summed E-state index contributed by atoms with van der Waals surface area (Å²) in [6.07, 6.45) is 3.71. The maximum Gasteiger partial charge on any atom is 0.246 e. The van der Waals surface area contributed by atoms with Crippen molar-refractivity contribution in [3.05, 3.63) is 45.9 Å². The van der Waals surface area contributed by atoms with Crippen molar-refractivity contribution >= 4 is 51.4 Å². The zero-order valence-corrected chi connectivity index (χ0v) is 19.6. The smallest absolute Gasteiger partial charge is 0.246 e. The molecule has 2 aromatic heterocycles. The van der Waals surface area contributed by atoms with Crippen LogP contribution in [0.15, 0.2) is 35.4 Å². The fourth-order valence-corrected chi connectivity index (χ4v) is 5.64. The van der Waals surface area contributed by atoms with Gasteiger partial charge < -0.3 is 15.3 Å². The molecule has 1 aromatic carbocycles. The Morgan fingerprint density at radius 2 is 1.97 bits per heavy atom. The summed E-state index contributed by atoms with van der Waals surface area (Å²) in [5.41, 5.74) is 2.08. The predicted molar refractivity (Wildman–Crippen MR) is 129 cm³/mol. The number of ketones is 1. The monoisotopic (exact) mass is 470 g/mol. The van der Waals surface area contributed by atoms with Crippen LogP contribution in [0.5, 0.6) is 0 Å². The molecule has 168 valence electrons. The highest BCUT2D eigenvalue weighted by Crippen LogP contribution is 2.31. The van der Waals surface area contributed by atoms with Crippen LogP contribution in [-0.4, -0.2) is 52.2 Å². The number of fused-ring (bicyclic) bond motifs is 1. The Hall–Kier alpha value is -2.49. The molecule has 0 atom stereocenters. The summed E-state index contributed by atoms with van der Waals surface area (Å²) in [6.45, 7) is 3.77. The standard InChI is InChI=1S/C23H26N4O3S2/c1-15-25-19-7-5-16(27-9-3-2-4-10-27)11-18(19)23(26-15)31-14-20(29)21-8-6-17(32-21)12-24-22(30)13-28/h5-8,11,28H,2-4,9-10,12-14H2,1H3,(H,24,30). The molecule has 0 bridgehead atoms. The highest BCUT2D eigenvalue weighted by Gasteiger charge is 2.16. The fourth-order valence-electron chi connectivity index (χ4n) is 3.73. The molecule has 7 nitrogen and oxygen atoms in total. The van der Waals surface area contributed by atoms with Gasteiger partial charge in [0.25, 0.3) is 0 Å². The second kappa shape index (κ2) is 10.4. The maximum absolute atomic E-state index is 12.8. The summed E-state index contributed by atoms with van der Waals surface area (Å²) >= 11 is 2.80. The summed E-state index contributed by atoms with van der Waals surface area (Å²) < 4.78 is 0. The van der Waals surface area contributed by atoms with Gasteiger partial charge in [-0.05, 0) is 56.5 Å². The van der Waals surface area contributed by atoms with Gasteiger partial charge in [0.2, 0.25) is 5.91 Å². The Morgan fingerprint density at radius 1 is 1.16 bits per heavy atom. The Labute approximate surface area is 195 Å². The van der Waals surface area contributed by atoms with E-state index in [1.807, 2.05) is 19.1 Å². The quantitative estimate of drug-likeness (QED) is 0.295. The molecule has 3 aromatic rings. The van der Waals surface area contributed by atoms with Crippen molar-refractivity contribution in [3.8, 4) is 0 Å². The minimum absolute atomic E-state index is 0.0244. The third kappa shape index (κ3) is 5.46. The van der Waals surface area contributed by atoms with Crippen LogP contribution in [0.1, 0.15) is 39.6 Å². The first-order chi connectivity index (χ1) is 15.5. The number of nitrogens with zero attached hydrogens (tertiary/aromatic N) is 3. The number of thioether (sulfide) groups is 1. The minimum Gasteiger partial charge on any atom is -0.387 e. The number of amides is 1. The van der Waals surface area contributed by atoms with Crippen LogP contribution in [0.2, 0.25) is 0 Å². The molecule has 0 radical (unpaired) electrons. The van der Waals surface area contributed by atoms with Crippen molar-refractivity contribution in [2.24, 2.45) is 0 Å². The van der Waals surface area contributed by atoms with Crippen molar-refractivity contribution in [1.82, 2.24) is 15.3 Å². The van der Waals surface area contributed by atoms with E-state index in [1.165, 1.54) is 48.0 Å². The molecular formula is C23H26N4O3S2. The van der Waals surface area contributed by atoms with Gasteiger partial charge in [-0.25, -0.2) is 9.97 Å². The molecule has 3 heterocycles. The molecule has 9 heteroatoms. The highest BCUT2D eigenvalue weighted by molar-refractivity contribution is 8.00. The topological polar surface area (TPSA) is 95.4 Å². The minimum atomic E-state index is -0.542. The molecule has 2 N–H and O–H groups in total. The lowest BCUT2D eigenvalue weighted by atomic mass is 10.1. The number of thiophene rings is 1. The number of carbonyl (C=O) groups excluding carboxylic acids is 2. The number of hydrogen-bond acceptors (Lipinski definition) is 8. The van der Waals surface area contributed by atoms with E-state index in [2.05, 4.69) is 32.3 Å². The zero-order chi connectivity index (χ0) is 22.5. The molecule has 1 fully saturated rings. The number of benzene rings is 1. The number of anilines is 1. The molecule has 0 aliphatic carbocycles. The van der Waals surface area contributed by atoms with Gasteiger partial charge in [0.05, 0.1) is 22.7 Å². The van der Waals surface area contributed by atoms with Crippen LogP contribution in [0.3, 0.4) is 0 Å². The Kier molecular flexibility index (Phi) is 7.39. The Balaban J connectivity index is 1.48. The van der Waals surface area contributed by atoms with Gasteiger partial charge in [-0.2, -0.15) is 0 Å². The number of hydrogen-bond donors (Lipinski definition) is 2. The third-order valence-electron chi connectivity index (χ3n) is 5.36. The van der Waals surface area contributed by atoms with Crippen LogP contribution < -0.4 is 10.2 Å². The van der Waals surface area contributed by atoms with Crippen molar-refractivity contribution in [3.63, 3.8) is 0 Å². The highest BCUT2D eigenvalue weighted by atomic mass is 32.2. The van der Waals surface area contributed by atoms with E-state index in [-0.39, 0.29) is 11.5 Å². The van der Waals surface area contributed by atoms with Gasteiger partial charge in [0.15, 0.2) is 5.78 Å². The third-order valence-corrected chi connectivity index (χ3v) is 7.47. The van der Waals surface area contributed by atoms with Gasteiger partial charge in [0.1, 0.15) is 17.5 Å². The molecule has 1 saturated heterocycles. The summed E-state index contributed by atoms with van der Waals surface area (Å²) in [5, 5.41) is 13.2. The molecular weight excluding hydrogens is 444 g/mol. The maximum atomic E-state index is 12.8. The van der Waals surface area contributed by atoms with Gasteiger partial charge in [0, 0.05) is 29.0 Å². The van der Waals surface area contributed by atoms with Crippen molar-refractivity contribution in [2.75, 3.05) is 30.3 Å². The van der Waals surface area contributed by atoms with E-state index in [9.17, 15) is 9.59 Å². The largest absolute Gasteiger partial charge is 0.387 e. The Bertz CT molecular complexity index is 1130. The lowest BCUT2D eigenvalue weighted by Gasteiger charge is -2.29. The summed E-state index contributed by atoms with van der Waals surface area (Å²) in [7, 11) is 0. The summed E-state index contributed by atoms with van der Waals surface area (Å²) in [6, 6.07) is 9.94. The Morgan fingerprint density at radius 3 is 2.75 bits per heavy atom.